The van der Waals surface area contributed by atoms with E-state index in [-0.39, 0.29) is 5.56 Å². The zero-order chi connectivity index (χ0) is 15.0. The van der Waals surface area contributed by atoms with Gasteiger partial charge in [0.05, 0.1) is 0 Å². The maximum atomic E-state index is 13.9. The predicted octanol–water partition coefficient (Wildman–Crippen LogP) is 4.51. The van der Waals surface area contributed by atoms with E-state index in [9.17, 15) is 13.9 Å². The topological polar surface area (TPSA) is 20.2 Å². The molecule has 0 aliphatic carbocycles. The Bertz CT molecular complexity index is 811. The highest BCUT2D eigenvalue weighted by Gasteiger charge is 2.17. The minimum absolute atomic E-state index is 0.0872. The Morgan fingerprint density at radius 3 is 2.33 bits per heavy atom. The van der Waals surface area contributed by atoms with Gasteiger partial charge in [-0.25, -0.2) is 8.78 Å². The molecule has 0 saturated heterocycles. The van der Waals surface area contributed by atoms with Gasteiger partial charge in [-0.05, 0) is 41.0 Å². The van der Waals surface area contributed by atoms with Crippen molar-refractivity contribution in [2.45, 2.75) is 13.0 Å². The Morgan fingerprint density at radius 1 is 0.857 bits per heavy atom. The number of aryl methyl sites for hydroxylation is 1. The first kappa shape index (κ1) is 13.7. The fraction of sp³-hybridized carbons (Fsp3) is 0.111. The summed E-state index contributed by atoms with van der Waals surface area (Å²) < 4.78 is 27.2. The standard InChI is InChI=1S/C18H14F2O/c1-11-8-15(17(20)10-16(11)19)18(21)14-7-6-12-4-2-3-5-13(12)9-14/h2-10,18,21H,1H3. The SMILES string of the molecule is Cc1cc(C(O)c2ccc3ccccc3c2)c(F)cc1F. The van der Waals surface area contributed by atoms with Crippen molar-refractivity contribution in [3.8, 4) is 0 Å². The van der Waals surface area contributed by atoms with E-state index in [1.54, 1.807) is 13.0 Å². The van der Waals surface area contributed by atoms with Crippen LogP contribution >= 0.6 is 0 Å². The van der Waals surface area contributed by atoms with Crippen LogP contribution in [-0.2, 0) is 0 Å². The van der Waals surface area contributed by atoms with E-state index < -0.39 is 17.7 Å². The third kappa shape index (κ3) is 2.52. The summed E-state index contributed by atoms with van der Waals surface area (Å²) in [6.45, 7) is 1.55. The van der Waals surface area contributed by atoms with E-state index >= 15 is 0 Å². The summed E-state index contributed by atoms with van der Waals surface area (Å²) >= 11 is 0. The van der Waals surface area contributed by atoms with Crippen LogP contribution in [0.4, 0.5) is 8.78 Å². The largest absolute Gasteiger partial charge is 0.384 e. The average molecular weight is 284 g/mol. The van der Waals surface area contributed by atoms with Gasteiger partial charge in [0.25, 0.3) is 0 Å². The minimum Gasteiger partial charge on any atom is -0.384 e. The molecular formula is C18H14F2O. The summed E-state index contributed by atoms with van der Waals surface area (Å²) in [4.78, 5) is 0. The summed E-state index contributed by atoms with van der Waals surface area (Å²) in [6.07, 6.45) is -1.12. The first-order valence-electron chi connectivity index (χ1n) is 6.68. The Labute approximate surface area is 121 Å². The zero-order valence-electron chi connectivity index (χ0n) is 11.5. The van der Waals surface area contributed by atoms with E-state index in [4.69, 9.17) is 0 Å². The molecule has 1 nitrogen and oxygen atoms in total. The molecule has 0 radical (unpaired) electrons. The summed E-state index contributed by atoms with van der Waals surface area (Å²) in [5.41, 5.74) is 0.981. The van der Waals surface area contributed by atoms with Crippen molar-refractivity contribution in [2.75, 3.05) is 0 Å². The van der Waals surface area contributed by atoms with Crippen molar-refractivity contribution in [3.05, 3.63) is 82.9 Å². The van der Waals surface area contributed by atoms with Gasteiger partial charge in [0.15, 0.2) is 0 Å². The van der Waals surface area contributed by atoms with Crippen molar-refractivity contribution in [1.29, 1.82) is 0 Å². The molecular weight excluding hydrogens is 270 g/mol. The molecule has 3 heteroatoms. The van der Waals surface area contributed by atoms with Crippen molar-refractivity contribution in [1.82, 2.24) is 0 Å². The number of benzene rings is 3. The number of halogens is 2. The molecule has 0 saturated carbocycles. The van der Waals surface area contributed by atoms with Gasteiger partial charge in [-0.2, -0.15) is 0 Å². The van der Waals surface area contributed by atoms with Crippen LogP contribution in [0.2, 0.25) is 0 Å². The van der Waals surface area contributed by atoms with Gasteiger partial charge in [0, 0.05) is 11.6 Å². The van der Waals surface area contributed by atoms with Crippen molar-refractivity contribution in [3.63, 3.8) is 0 Å². The summed E-state index contributed by atoms with van der Waals surface area (Å²) in [5, 5.41) is 12.4. The Hall–Kier alpha value is -2.26. The molecule has 0 aliphatic rings. The van der Waals surface area contributed by atoms with E-state index in [0.29, 0.717) is 11.1 Å². The molecule has 21 heavy (non-hydrogen) atoms. The van der Waals surface area contributed by atoms with Crippen LogP contribution in [0.3, 0.4) is 0 Å². The number of hydrogen-bond donors (Lipinski definition) is 1. The third-order valence-corrected chi connectivity index (χ3v) is 3.66. The summed E-state index contributed by atoms with van der Waals surface area (Å²) in [5.74, 6) is -1.35. The van der Waals surface area contributed by atoms with E-state index in [1.165, 1.54) is 6.07 Å². The molecule has 0 bridgehead atoms. The molecule has 0 fully saturated rings. The number of fused-ring (bicyclic) bond motifs is 1. The van der Waals surface area contributed by atoms with Crippen LogP contribution in [-0.4, -0.2) is 5.11 Å². The average Bonchev–Trinajstić information content (AvgIpc) is 2.50. The molecule has 106 valence electrons. The smallest absolute Gasteiger partial charge is 0.132 e. The first-order valence-corrected chi connectivity index (χ1v) is 6.68. The maximum absolute atomic E-state index is 13.9. The number of aliphatic hydroxyl groups is 1. The summed E-state index contributed by atoms with van der Waals surface area (Å²) in [6, 6.07) is 15.3. The Kier molecular flexibility index (Phi) is 3.43. The van der Waals surface area contributed by atoms with Gasteiger partial charge >= 0.3 is 0 Å². The number of aliphatic hydroxyl groups excluding tert-OH is 1. The van der Waals surface area contributed by atoms with Gasteiger partial charge in [-0.15, -0.1) is 0 Å². The Morgan fingerprint density at radius 2 is 1.57 bits per heavy atom. The second kappa shape index (κ2) is 5.26. The predicted molar refractivity (Wildman–Crippen MR) is 79.1 cm³/mol. The molecule has 3 aromatic rings. The van der Waals surface area contributed by atoms with Crippen molar-refractivity contribution >= 4 is 10.8 Å². The monoisotopic (exact) mass is 284 g/mol. The van der Waals surface area contributed by atoms with Gasteiger partial charge in [-0.1, -0.05) is 36.4 Å². The quantitative estimate of drug-likeness (QED) is 0.734. The fourth-order valence-electron chi connectivity index (χ4n) is 2.45. The molecule has 1 N–H and O–H groups in total. The number of rotatable bonds is 2. The molecule has 0 aliphatic heterocycles. The lowest BCUT2D eigenvalue weighted by Crippen LogP contribution is -2.04. The molecule has 0 aromatic heterocycles. The molecule has 0 amide bonds. The second-order valence-electron chi connectivity index (χ2n) is 5.13. The molecule has 1 unspecified atom stereocenters. The third-order valence-electron chi connectivity index (χ3n) is 3.66. The van der Waals surface area contributed by atoms with Gasteiger partial charge in [0.1, 0.15) is 17.7 Å². The van der Waals surface area contributed by atoms with Crippen molar-refractivity contribution in [2.24, 2.45) is 0 Å². The minimum atomic E-state index is -1.12. The highest BCUT2D eigenvalue weighted by molar-refractivity contribution is 5.83. The zero-order valence-corrected chi connectivity index (χ0v) is 11.5. The lowest BCUT2D eigenvalue weighted by molar-refractivity contribution is 0.214. The lowest BCUT2D eigenvalue weighted by atomic mass is 9.97. The van der Waals surface area contributed by atoms with E-state index in [2.05, 4.69) is 0 Å². The number of hydrogen-bond acceptors (Lipinski definition) is 1. The molecule has 1 atom stereocenters. The molecule has 0 heterocycles. The fourth-order valence-corrected chi connectivity index (χ4v) is 2.45. The van der Waals surface area contributed by atoms with Crippen LogP contribution < -0.4 is 0 Å². The second-order valence-corrected chi connectivity index (χ2v) is 5.13. The van der Waals surface area contributed by atoms with Gasteiger partial charge in [-0.3, -0.25) is 0 Å². The first-order chi connectivity index (χ1) is 10.1. The van der Waals surface area contributed by atoms with Crippen LogP contribution in [0.1, 0.15) is 22.8 Å². The van der Waals surface area contributed by atoms with Gasteiger partial charge in [0.2, 0.25) is 0 Å². The highest BCUT2D eigenvalue weighted by Crippen LogP contribution is 2.28. The van der Waals surface area contributed by atoms with Crippen molar-refractivity contribution < 1.29 is 13.9 Å². The van der Waals surface area contributed by atoms with E-state index in [0.717, 1.165) is 16.8 Å². The normalized spacial score (nSPS) is 12.6. The molecule has 0 spiro atoms. The maximum Gasteiger partial charge on any atom is 0.132 e. The van der Waals surface area contributed by atoms with Crippen LogP contribution in [0.15, 0.2) is 54.6 Å². The lowest BCUT2D eigenvalue weighted by Gasteiger charge is -2.14. The van der Waals surface area contributed by atoms with E-state index in [1.807, 2.05) is 36.4 Å². The molecule has 3 aromatic carbocycles. The highest BCUT2D eigenvalue weighted by atomic mass is 19.1. The molecule has 3 rings (SSSR count). The van der Waals surface area contributed by atoms with Crippen LogP contribution in [0.25, 0.3) is 10.8 Å². The summed E-state index contributed by atoms with van der Waals surface area (Å²) in [7, 11) is 0. The Balaban J connectivity index is 2.07. The van der Waals surface area contributed by atoms with Crippen LogP contribution in [0, 0.1) is 18.6 Å². The van der Waals surface area contributed by atoms with Crippen LogP contribution in [0.5, 0.6) is 0 Å². The van der Waals surface area contributed by atoms with Gasteiger partial charge < -0.3 is 5.11 Å².